The first-order chi connectivity index (χ1) is 10.2. The average Bonchev–Trinajstić information content (AvgIpc) is 2.87. The first kappa shape index (κ1) is 14.3. The number of fused-ring (bicyclic) bond motifs is 1. The molecule has 3 rings (SSSR count). The molecule has 112 valence electrons. The zero-order valence-electron chi connectivity index (χ0n) is 13.1. The van der Waals surface area contributed by atoms with E-state index in [4.69, 9.17) is 5.73 Å². The minimum atomic E-state index is 0.0770. The molecule has 1 atom stereocenters. The van der Waals surface area contributed by atoms with Crippen molar-refractivity contribution in [2.75, 3.05) is 6.54 Å². The normalized spacial score (nSPS) is 21.3. The second kappa shape index (κ2) is 5.64. The predicted octanol–water partition coefficient (Wildman–Crippen LogP) is 2.76. The molecule has 1 aliphatic rings. The Morgan fingerprint density at radius 3 is 2.86 bits per heavy atom. The lowest BCUT2D eigenvalue weighted by Gasteiger charge is -2.38. The molecule has 1 unspecified atom stereocenters. The maximum absolute atomic E-state index is 6.26. The highest BCUT2D eigenvalue weighted by atomic mass is 15.3. The van der Waals surface area contributed by atoms with Crippen LogP contribution in [-0.2, 0) is 31.7 Å². The molecule has 0 radical (unpaired) electrons. The van der Waals surface area contributed by atoms with Crippen LogP contribution in [0.25, 0.3) is 0 Å². The molecule has 0 saturated heterocycles. The Kier molecular flexibility index (Phi) is 3.85. The summed E-state index contributed by atoms with van der Waals surface area (Å²) in [6.45, 7) is 2.86. The number of hydrogen-bond acceptors (Lipinski definition) is 2. The highest BCUT2D eigenvalue weighted by Gasteiger charge is 2.36. The molecule has 0 saturated carbocycles. The molecule has 3 heteroatoms. The third kappa shape index (κ3) is 2.51. The molecule has 1 aromatic carbocycles. The highest BCUT2D eigenvalue weighted by Crippen LogP contribution is 2.39. The van der Waals surface area contributed by atoms with Crippen LogP contribution >= 0.6 is 0 Å². The first-order valence-electron chi connectivity index (χ1n) is 7.99. The molecule has 0 fully saturated rings. The monoisotopic (exact) mass is 283 g/mol. The van der Waals surface area contributed by atoms with E-state index in [1.165, 1.54) is 41.8 Å². The number of benzene rings is 1. The van der Waals surface area contributed by atoms with Crippen LogP contribution in [0.5, 0.6) is 0 Å². The van der Waals surface area contributed by atoms with E-state index >= 15 is 0 Å². The minimum absolute atomic E-state index is 0.0770. The van der Waals surface area contributed by atoms with Crippen molar-refractivity contribution in [3.8, 4) is 0 Å². The number of rotatable bonds is 4. The largest absolute Gasteiger partial charge is 0.330 e. The van der Waals surface area contributed by atoms with Crippen LogP contribution in [0.15, 0.2) is 30.3 Å². The Hall–Kier alpha value is -1.61. The number of hydrogen-bond donors (Lipinski definition) is 1. The third-order valence-electron chi connectivity index (χ3n) is 4.99. The van der Waals surface area contributed by atoms with Crippen LogP contribution in [0.2, 0.25) is 0 Å². The lowest BCUT2D eigenvalue weighted by atomic mass is 9.67. The van der Waals surface area contributed by atoms with Crippen LogP contribution in [-0.4, -0.2) is 16.3 Å². The zero-order valence-corrected chi connectivity index (χ0v) is 13.1. The van der Waals surface area contributed by atoms with Crippen molar-refractivity contribution in [2.24, 2.45) is 12.8 Å². The molecule has 2 aromatic rings. The molecular formula is C18H25N3. The van der Waals surface area contributed by atoms with E-state index < -0.39 is 0 Å². The molecule has 0 amide bonds. The molecule has 1 aromatic heterocycles. The second-order valence-corrected chi connectivity index (χ2v) is 6.28. The Balaban J connectivity index is 2.00. The number of aromatic nitrogens is 2. The van der Waals surface area contributed by atoms with E-state index in [-0.39, 0.29) is 5.41 Å². The van der Waals surface area contributed by atoms with E-state index in [1.54, 1.807) is 0 Å². The van der Waals surface area contributed by atoms with Gasteiger partial charge in [-0.05, 0) is 42.9 Å². The molecule has 2 N–H and O–H groups in total. The summed E-state index contributed by atoms with van der Waals surface area (Å²) in [7, 11) is 2.05. The van der Waals surface area contributed by atoms with Crippen LogP contribution in [0.4, 0.5) is 0 Å². The SMILES string of the molecule is CCc1cc(CC2(CN)CCCc3ccccc32)n(C)n1. The summed E-state index contributed by atoms with van der Waals surface area (Å²) in [5, 5.41) is 4.59. The summed E-state index contributed by atoms with van der Waals surface area (Å²) in [5.74, 6) is 0. The van der Waals surface area contributed by atoms with Gasteiger partial charge in [-0.15, -0.1) is 0 Å². The minimum Gasteiger partial charge on any atom is -0.330 e. The van der Waals surface area contributed by atoms with Crippen molar-refractivity contribution >= 4 is 0 Å². The molecule has 1 heterocycles. The molecule has 0 aliphatic heterocycles. The van der Waals surface area contributed by atoms with Gasteiger partial charge in [-0.2, -0.15) is 5.10 Å². The van der Waals surface area contributed by atoms with E-state index in [0.717, 1.165) is 12.8 Å². The molecular weight excluding hydrogens is 258 g/mol. The van der Waals surface area contributed by atoms with Gasteiger partial charge in [-0.1, -0.05) is 31.2 Å². The Morgan fingerprint density at radius 2 is 2.14 bits per heavy atom. The van der Waals surface area contributed by atoms with Crippen molar-refractivity contribution in [3.63, 3.8) is 0 Å². The van der Waals surface area contributed by atoms with Gasteiger partial charge in [0.25, 0.3) is 0 Å². The lowest BCUT2D eigenvalue weighted by Crippen LogP contribution is -2.41. The fourth-order valence-corrected chi connectivity index (χ4v) is 3.73. The number of nitrogens with zero attached hydrogens (tertiary/aromatic N) is 2. The standard InChI is InChI=1S/C18H25N3/c1-3-15-11-16(21(2)20-15)12-18(13-19)10-6-8-14-7-4-5-9-17(14)18/h4-5,7,9,11H,3,6,8,10,12-13,19H2,1-2H3. The maximum atomic E-state index is 6.26. The van der Waals surface area contributed by atoms with Crippen molar-refractivity contribution in [1.29, 1.82) is 0 Å². The van der Waals surface area contributed by atoms with Crippen LogP contribution in [0.3, 0.4) is 0 Å². The third-order valence-corrected chi connectivity index (χ3v) is 4.99. The Morgan fingerprint density at radius 1 is 1.33 bits per heavy atom. The number of nitrogens with two attached hydrogens (primary N) is 1. The van der Waals surface area contributed by atoms with Crippen molar-refractivity contribution in [3.05, 3.63) is 52.8 Å². The maximum Gasteiger partial charge on any atom is 0.0624 e. The van der Waals surface area contributed by atoms with Crippen LogP contribution in [0, 0.1) is 0 Å². The lowest BCUT2D eigenvalue weighted by molar-refractivity contribution is 0.357. The predicted molar refractivity (Wildman–Crippen MR) is 86.4 cm³/mol. The van der Waals surface area contributed by atoms with Gasteiger partial charge >= 0.3 is 0 Å². The first-order valence-corrected chi connectivity index (χ1v) is 7.99. The smallest absolute Gasteiger partial charge is 0.0624 e. The molecule has 0 spiro atoms. The fourth-order valence-electron chi connectivity index (χ4n) is 3.73. The summed E-state index contributed by atoms with van der Waals surface area (Å²) in [6, 6.07) is 11.1. The summed E-state index contributed by atoms with van der Waals surface area (Å²) >= 11 is 0. The summed E-state index contributed by atoms with van der Waals surface area (Å²) in [4.78, 5) is 0. The summed E-state index contributed by atoms with van der Waals surface area (Å²) in [6.07, 6.45) is 5.56. The zero-order chi connectivity index (χ0) is 14.9. The molecule has 21 heavy (non-hydrogen) atoms. The van der Waals surface area contributed by atoms with E-state index in [0.29, 0.717) is 6.54 Å². The summed E-state index contributed by atoms with van der Waals surface area (Å²) in [5.41, 5.74) is 11.7. The Labute approximate surface area is 127 Å². The van der Waals surface area contributed by atoms with Gasteiger partial charge in [0.1, 0.15) is 0 Å². The van der Waals surface area contributed by atoms with Crippen LogP contribution in [0.1, 0.15) is 42.3 Å². The van der Waals surface area contributed by atoms with Gasteiger partial charge in [-0.3, -0.25) is 4.68 Å². The van der Waals surface area contributed by atoms with Gasteiger partial charge in [0.2, 0.25) is 0 Å². The van der Waals surface area contributed by atoms with Crippen LogP contribution < -0.4 is 5.73 Å². The molecule has 1 aliphatic carbocycles. The van der Waals surface area contributed by atoms with E-state index in [1.807, 2.05) is 11.7 Å². The van der Waals surface area contributed by atoms with Gasteiger partial charge < -0.3 is 5.73 Å². The van der Waals surface area contributed by atoms with E-state index in [9.17, 15) is 0 Å². The molecule has 0 bridgehead atoms. The average molecular weight is 283 g/mol. The molecule has 3 nitrogen and oxygen atoms in total. The second-order valence-electron chi connectivity index (χ2n) is 6.28. The van der Waals surface area contributed by atoms with Gasteiger partial charge in [0.15, 0.2) is 0 Å². The topological polar surface area (TPSA) is 43.8 Å². The highest BCUT2D eigenvalue weighted by molar-refractivity contribution is 5.38. The van der Waals surface area contributed by atoms with Crippen molar-refractivity contribution in [1.82, 2.24) is 9.78 Å². The number of aryl methyl sites for hydroxylation is 3. The van der Waals surface area contributed by atoms with Gasteiger partial charge in [0.05, 0.1) is 5.69 Å². The van der Waals surface area contributed by atoms with Crippen molar-refractivity contribution < 1.29 is 0 Å². The van der Waals surface area contributed by atoms with E-state index in [2.05, 4.69) is 42.4 Å². The summed E-state index contributed by atoms with van der Waals surface area (Å²) < 4.78 is 2.04. The fraction of sp³-hybridized carbons (Fsp3) is 0.500. The quantitative estimate of drug-likeness (QED) is 0.937. The van der Waals surface area contributed by atoms with Crippen molar-refractivity contribution in [2.45, 2.75) is 44.4 Å². The van der Waals surface area contributed by atoms with Gasteiger partial charge in [-0.25, -0.2) is 0 Å². The Bertz CT molecular complexity index is 629. The van der Waals surface area contributed by atoms with Gasteiger partial charge in [0, 0.05) is 31.1 Å².